The normalized spacial score (nSPS) is 18.6. The number of sulfonamides is 1. The van der Waals surface area contributed by atoms with Crippen LogP contribution in [0.3, 0.4) is 0 Å². The highest BCUT2D eigenvalue weighted by atomic mass is 32.2. The molecule has 5 rings (SSSR count). The first kappa shape index (κ1) is 38.0. The molecule has 0 spiro atoms. The van der Waals surface area contributed by atoms with Crippen molar-refractivity contribution in [2.24, 2.45) is 0 Å². The zero-order valence-corrected chi connectivity index (χ0v) is 29.3. The number of phenols is 1. The van der Waals surface area contributed by atoms with E-state index in [1.807, 2.05) is 0 Å². The van der Waals surface area contributed by atoms with E-state index in [0.717, 1.165) is 56.9 Å². The Morgan fingerprint density at radius 1 is 0.824 bits per heavy atom. The van der Waals surface area contributed by atoms with Gasteiger partial charge in [-0.25, -0.2) is 8.42 Å². The molecular formula is C38H44F3NO8S. The fourth-order valence-electron chi connectivity index (χ4n) is 6.76. The van der Waals surface area contributed by atoms with Crippen molar-refractivity contribution in [2.45, 2.75) is 87.8 Å². The molecular weight excluding hydrogens is 687 g/mol. The van der Waals surface area contributed by atoms with E-state index >= 15 is 0 Å². The van der Waals surface area contributed by atoms with Gasteiger partial charge in [-0.2, -0.15) is 13.2 Å². The van der Waals surface area contributed by atoms with E-state index in [-0.39, 0.29) is 24.3 Å². The standard InChI is InChI=1S/C38H44F3NO8S/c1-48-30-21-15-28(16-22-30)42(25-38(39,40)41)51(46,47)33-24-32-35(26-11-17-29(43)18-12-26)36(37(33)50-32)27-13-19-31(20-14-27)49-23-9-7-5-3-2-4-6-8-10-34(44)45/h11-22,32-33,37,43H,2-10,23-25H2,1H3,(H,44,45)/t32-,33+,37+/m1/s1. The number of alkyl halides is 3. The molecule has 2 N–H and O–H groups in total. The van der Waals surface area contributed by atoms with Gasteiger partial charge in [0.1, 0.15) is 35.1 Å². The number of carboxylic acid groups (broad SMARTS) is 1. The quantitative estimate of drug-likeness (QED) is 0.118. The monoisotopic (exact) mass is 731 g/mol. The Morgan fingerprint density at radius 2 is 1.37 bits per heavy atom. The van der Waals surface area contributed by atoms with Crippen LogP contribution in [-0.4, -0.2) is 68.5 Å². The van der Waals surface area contributed by atoms with Gasteiger partial charge in [-0.1, -0.05) is 62.8 Å². The number of nitrogens with zero attached hydrogens (tertiary/aromatic N) is 1. The summed E-state index contributed by atoms with van der Waals surface area (Å²) in [5.74, 6) is 0.316. The number of carbonyl (C=O) groups is 1. The maximum Gasteiger partial charge on any atom is 0.407 e. The number of carboxylic acids is 1. The van der Waals surface area contributed by atoms with E-state index < -0.39 is 46.2 Å². The minimum atomic E-state index is -4.80. The third-order valence-corrected chi connectivity index (χ3v) is 11.4. The third kappa shape index (κ3) is 9.76. The summed E-state index contributed by atoms with van der Waals surface area (Å²) >= 11 is 0. The summed E-state index contributed by atoms with van der Waals surface area (Å²) in [5, 5.41) is 17.3. The molecule has 3 aromatic rings. The average molecular weight is 732 g/mol. The van der Waals surface area contributed by atoms with Crippen molar-refractivity contribution in [3.63, 3.8) is 0 Å². The molecule has 3 atom stereocenters. The minimum Gasteiger partial charge on any atom is -0.508 e. The minimum absolute atomic E-state index is 0.0386. The molecule has 0 amide bonds. The van der Waals surface area contributed by atoms with Gasteiger partial charge in [-0.3, -0.25) is 9.10 Å². The number of rotatable bonds is 19. The van der Waals surface area contributed by atoms with Crippen molar-refractivity contribution in [3.05, 3.63) is 83.9 Å². The van der Waals surface area contributed by atoms with Gasteiger partial charge in [0.05, 0.1) is 25.5 Å². The van der Waals surface area contributed by atoms with Crippen LogP contribution in [0.15, 0.2) is 72.8 Å². The van der Waals surface area contributed by atoms with Crippen LogP contribution in [0.25, 0.3) is 11.1 Å². The van der Waals surface area contributed by atoms with E-state index in [1.165, 1.54) is 43.5 Å². The zero-order valence-electron chi connectivity index (χ0n) is 28.5. The Kier molecular flexibility index (Phi) is 12.6. The third-order valence-electron chi connectivity index (χ3n) is 9.26. The Balaban J connectivity index is 1.30. The van der Waals surface area contributed by atoms with E-state index in [0.29, 0.717) is 39.1 Å². The fourth-order valence-corrected chi connectivity index (χ4v) is 8.76. The molecule has 9 nitrogen and oxygen atoms in total. The van der Waals surface area contributed by atoms with Crippen molar-refractivity contribution in [3.8, 4) is 17.2 Å². The number of aromatic hydroxyl groups is 1. The van der Waals surface area contributed by atoms with Crippen LogP contribution >= 0.6 is 0 Å². The molecule has 2 heterocycles. The first-order valence-corrected chi connectivity index (χ1v) is 18.7. The molecule has 2 aliphatic rings. The molecule has 3 aromatic carbocycles. The number of ether oxygens (including phenoxy) is 3. The van der Waals surface area contributed by atoms with Gasteiger partial charge in [0.25, 0.3) is 0 Å². The lowest BCUT2D eigenvalue weighted by molar-refractivity contribution is -0.137. The van der Waals surface area contributed by atoms with E-state index in [9.17, 15) is 31.5 Å². The molecule has 276 valence electrons. The predicted molar refractivity (Wildman–Crippen MR) is 188 cm³/mol. The Bertz CT molecular complexity index is 1740. The molecule has 2 bridgehead atoms. The smallest absolute Gasteiger partial charge is 0.407 e. The highest BCUT2D eigenvalue weighted by molar-refractivity contribution is 7.93. The van der Waals surface area contributed by atoms with Crippen molar-refractivity contribution in [1.29, 1.82) is 0 Å². The molecule has 51 heavy (non-hydrogen) atoms. The average Bonchev–Trinajstić information content (AvgIpc) is 3.70. The van der Waals surface area contributed by atoms with Crippen molar-refractivity contribution < 1.29 is 50.8 Å². The van der Waals surface area contributed by atoms with E-state index in [1.54, 1.807) is 36.4 Å². The van der Waals surface area contributed by atoms with E-state index in [4.69, 9.17) is 19.3 Å². The highest BCUT2D eigenvalue weighted by Gasteiger charge is 2.55. The van der Waals surface area contributed by atoms with Gasteiger partial charge < -0.3 is 24.4 Å². The molecule has 0 radical (unpaired) electrons. The molecule has 0 aliphatic carbocycles. The largest absolute Gasteiger partial charge is 0.508 e. The Morgan fingerprint density at radius 3 is 1.96 bits per heavy atom. The summed E-state index contributed by atoms with van der Waals surface area (Å²) in [5.41, 5.74) is 2.55. The first-order chi connectivity index (χ1) is 24.4. The highest BCUT2D eigenvalue weighted by Crippen LogP contribution is 2.51. The van der Waals surface area contributed by atoms with Crippen LogP contribution < -0.4 is 13.8 Å². The SMILES string of the molecule is COc1ccc(N(CC(F)(F)F)S(=O)(=O)[C@H]2C[C@H]3O[C@@H]2C(c2ccc(OCCCCCCCCCCC(=O)O)cc2)=C3c2ccc(O)cc2)cc1. The second kappa shape index (κ2) is 16.9. The molecule has 1 saturated heterocycles. The summed E-state index contributed by atoms with van der Waals surface area (Å²) in [7, 11) is -3.19. The lowest BCUT2D eigenvalue weighted by atomic mass is 9.83. The number of aliphatic carboxylic acids is 1. The number of hydrogen-bond acceptors (Lipinski definition) is 7. The van der Waals surface area contributed by atoms with Crippen LogP contribution in [0.1, 0.15) is 75.3 Å². The molecule has 2 aliphatic heterocycles. The molecule has 1 fully saturated rings. The van der Waals surface area contributed by atoms with Crippen LogP contribution in [-0.2, 0) is 19.6 Å². The van der Waals surface area contributed by atoms with Gasteiger partial charge in [0, 0.05) is 6.42 Å². The van der Waals surface area contributed by atoms with E-state index in [2.05, 4.69) is 0 Å². The molecule has 0 saturated carbocycles. The van der Waals surface area contributed by atoms with Crippen LogP contribution in [0, 0.1) is 0 Å². The number of methoxy groups -OCH3 is 1. The number of fused-ring (bicyclic) bond motifs is 2. The van der Waals surface area contributed by atoms with Gasteiger partial charge >= 0.3 is 12.1 Å². The fraction of sp³-hybridized carbons (Fsp3) is 0.447. The zero-order chi connectivity index (χ0) is 36.6. The lowest BCUT2D eigenvalue weighted by Gasteiger charge is -2.32. The topological polar surface area (TPSA) is 123 Å². The number of halogens is 3. The number of unbranched alkanes of at least 4 members (excludes halogenated alkanes) is 7. The number of phenolic OH excluding ortho intramolecular Hbond substituents is 1. The number of hydrogen-bond donors (Lipinski definition) is 2. The van der Waals surface area contributed by atoms with Crippen LogP contribution in [0.5, 0.6) is 17.2 Å². The first-order valence-electron chi connectivity index (χ1n) is 17.2. The summed E-state index contributed by atoms with van der Waals surface area (Å²) in [6, 6.07) is 19.1. The predicted octanol–water partition coefficient (Wildman–Crippen LogP) is 8.22. The van der Waals surface area contributed by atoms with Crippen molar-refractivity contribution in [2.75, 3.05) is 24.6 Å². The molecule has 13 heteroatoms. The van der Waals surface area contributed by atoms with Gasteiger partial charge in [-0.15, -0.1) is 0 Å². The number of anilines is 1. The van der Waals surface area contributed by atoms with Crippen LogP contribution in [0.2, 0.25) is 0 Å². The van der Waals surface area contributed by atoms with Crippen molar-refractivity contribution in [1.82, 2.24) is 0 Å². The van der Waals surface area contributed by atoms with Crippen LogP contribution in [0.4, 0.5) is 18.9 Å². The Labute approximate surface area is 296 Å². The lowest BCUT2D eigenvalue weighted by Crippen LogP contribution is -2.47. The molecule has 0 unspecified atom stereocenters. The maximum atomic E-state index is 14.2. The second-order valence-corrected chi connectivity index (χ2v) is 15.0. The molecule has 0 aromatic heterocycles. The summed E-state index contributed by atoms with van der Waals surface area (Å²) in [6.45, 7) is -1.17. The maximum absolute atomic E-state index is 14.2. The Hall–Kier alpha value is -4.23. The second-order valence-electron chi connectivity index (χ2n) is 12.9. The summed E-state index contributed by atoms with van der Waals surface area (Å²) in [6.07, 6.45) is 1.46. The summed E-state index contributed by atoms with van der Waals surface area (Å²) < 4.78 is 87.7. The van der Waals surface area contributed by atoms with Gasteiger partial charge in [-0.05, 0) is 90.1 Å². The van der Waals surface area contributed by atoms with Gasteiger partial charge in [0.15, 0.2) is 0 Å². The number of benzene rings is 3. The van der Waals surface area contributed by atoms with Gasteiger partial charge in [0.2, 0.25) is 10.0 Å². The summed E-state index contributed by atoms with van der Waals surface area (Å²) in [4.78, 5) is 10.6. The van der Waals surface area contributed by atoms with Crippen molar-refractivity contribution >= 4 is 32.8 Å².